The van der Waals surface area contributed by atoms with Crippen molar-refractivity contribution in [3.05, 3.63) is 35.9 Å². The monoisotopic (exact) mass is 594 g/mol. The Morgan fingerprint density at radius 3 is 2.29 bits per heavy atom. The second kappa shape index (κ2) is 7.78. The Bertz CT molecular complexity index is 683. The van der Waals surface area contributed by atoms with Crippen molar-refractivity contribution in [3.63, 3.8) is 0 Å². The van der Waals surface area contributed by atoms with Crippen LogP contribution in [0.2, 0.25) is 3.43 Å². The van der Waals surface area contributed by atoms with Crippen LogP contribution in [-0.2, 0) is 39.4 Å². The molecule has 0 unspecified atom stereocenters. The summed E-state index contributed by atoms with van der Waals surface area (Å²) >= 11 is -1.51. The maximum atomic E-state index is 11.0. The molecule has 1 aromatic rings. The van der Waals surface area contributed by atoms with Crippen LogP contribution in [0, 0.1) is 29.6 Å². The van der Waals surface area contributed by atoms with E-state index in [9.17, 15) is 5.11 Å². The van der Waals surface area contributed by atoms with Gasteiger partial charge in [0, 0.05) is 0 Å². The topological polar surface area (TPSA) is 38.7 Å². The molecule has 0 saturated heterocycles. The second-order valence-corrected chi connectivity index (χ2v) is 18.2. The van der Waals surface area contributed by atoms with E-state index in [1.807, 2.05) is 19.9 Å². The van der Waals surface area contributed by atoms with Gasteiger partial charge < -0.3 is 0 Å². The first-order chi connectivity index (χ1) is 13.1. The molecule has 0 aliphatic heterocycles. The summed E-state index contributed by atoms with van der Waals surface area (Å²) in [4.78, 5) is 0. The van der Waals surface area contributed by atoms with Crippen LogP contribution in [0.1, 0.15) is 46.6 Å². The number of hydrogen-bond donors (Lipinski definition) is 1. The SMILES string of the molecule is CC(C)(C)O[C@H]1[C@H]2[C@@H](OCc3ccccc3)[C@H]3[C@@H]1[C@H](C[C@@H]3C(C)(C)O)[C@H]2[Hg][Cl]. The van der Waals surface area contributed by atoms with Crippen LogP contribution in [0.5, 0.6) is 0 Å². The molecule has 1 N–H and O–H groups in total. The second-order valence-electron chi connectivity index (χ2n) is 10.7. The summed E-state index contributed by atoms with van der Waals surface area (Å²) in [7, 11) is 6.72. The summed E-state index contributed by atoms with van der Waals surface area (Å²) in [6, 6.07) is 10.4. The molecular weight excluding hydrogens is 560 g/mol. The van der Waals surface area contributed by atoms with Crippen molar-refractivity contribution in [1.29, 1.82) is 0 Å². The first-order valence-corrected chi connectivity index (χ1v) is 20.7. The zero-order valence-electron chi connectivity index (χ0n) is 17.8. The standard InChI is InChI=1S/C23H33O3.ClH.Hg/c1-22(2,3)26-21-16-11-15-12-17(23(4,5)24)19(18(15)21)20(16)25-13-14-9-7-6-8-10-14;;/h6-11,15-21,24H,12-13H2,1-5H3;1H;/q;;+1/p-1/t15-,16+,17-,18-,19+,20+,21-;;/m0../s1. The van der Waals surface area contributed by atoms with Crippen molar-refractivity contribution in [1.82, 2.24) is 0 Å². The number of hydrogen-bond acceptors (Lipinski definition) is 3. The molecule has 0 aromatic heterocycles. The molecule has 0 spiro atoms. The first kappa shape index (κ1) is 21.6. The molecule has 3 aliphatic rings. The van der Waals surface area contributed by atoms with Crippen molar-refractivity contribution in [2.24, 2.45) is 29.6 Å². The Kier molecular flexibility index (Phi) is 5.99. The van der Waals surface area contributed by atoms with Crippen molar-refractivity contribution in [2.75, 3.05) is 0 Å². The quantitative estimate of drug-likeness (QED) is 0.469. The number of rotatable bonds is 6. The number of ether oxygens (including phenoxy) is 2. The van der Waals surface area contributed by atoms with Gasteiger partial charge in [-0.15, -0.1) is 0 Å². The van der Waals surface area contributed by atoms with Crippen LogP contribution in [0.25, 0.3) is 0 Å². The van der Waals surface area contributed by atoms with Crippen LogP contribution in [0.4, 0.5) is 0 Å². The van der Waals surface area contributed by atoms with Crippen molar-refractivity contribution in [3.8, 4) is 0 Å². The summed E-state index contributed by atoms with van der Waals surface area (Å²) in [6.07, 6.45) is 1.46. The average Bonchev–Trinajstić information content (AvgIpc) is 3.17. The fourth-order valence-electron chi connectivity index (χ4n) is 6.54. The number of benzene rings is 1. The molecule has 3 fully saturated rings. The zero-order chi connectivity index (χ0) is 20.3. The minimum absolute atomic E-state index is 0.150. The van der Waals surface area contributed by atoms with Gasteiger partial charge in [0.2, 0.25) is 0 Å². The van der Waals surface area contributed by atoms with Crippen molar-refractivity contribution < 1.29 is 37.9 Å². The van der Waals surface area contributed by atoms with Crippen LogP contribution in [0.15, 0.2) is 30.3 Å². The van der Waals surface area contributed by atoms with Gasteiger partial charge in [-0.05, 0) is 0 Å². The molecule has 3 saturated carbocycles. The summed E-state index contributed by atoms with van der Waals surface area (Å²) in [5.74, 6) is 2.18. The van der Waals surface area contributed by atoms with E-state index in [1.54, 1.807) is 0 Å². The van der Waals surface area contributed by atoms with E-state index >= 15 is 0 Å². The fourth-order valence-corrected chi connectivity index (χ4v) is 16.1. The molecule has 2 bridgehead atoms. The third-order valence-electron chi connectivity index (χ3n) is 7.35. The van der Waals surface area contributed by atoms with Gasteiger partial charge in [-0.25, -0.2) is 0 Å². The molecule has 152 valence electrons. The number of aliphatic hydroxyl groups is 1. The molecule has 3 nitrogen and oxygen atoms in total. The van der Waals surface area contributed by atoms with Gasteiger partial charge in [-0.2, -0.15) is 0 Å². The normalized spacial score (nSPS) is 39.4. The van der Waals surface area contributed by atoms with Crippen LogP contribution >= 0.6 is 8.25 Å². The Morgan fingerprint density at radius 2 is 1.71 bits per heavy atom. The van der Waals surface area contributed by atoms with E-state index in [1.165, 1.54) is 5.56 Å². The Morgan fingerprint density at radius 1 is 1.04 bits per heavy atom. The molecule has 1 aromatic carbocycles. The summed E-state index contributed by atoms with van der Waals surface area (Å²) in [5.41, 5.74) is 0.350. The number of halogens is 1. The van der Waals surface area contributed by atoms with Gasteiger partial charge in [-0.3, -0.25) is 0 Å². The van der Waals surface area contributed by atoms with Crippen LogP contribution in [0.3, 0.4) is 0 Å². The summed E-state index contributed by atoms with van der Waals surface area (Å²) in [5, 5.41) is 11.0. The molecule has 4 rings (SSSR count). The third kappa shape index (κ3) is 3.84. The molecule has 0 amide bonds. The molecule has 28 heavy (non-hydrogen) atoms. The molecule has 5 heteroatoms. The zero-order valence-corrected chi connectivity index (χ0v) is 24.0. The van der Waals surface area contributed by atoms with E-state index in [-0.39, 0.29) is 23.7 Å². The molecular formula is C23H33ClHgO3. The molecule has 8 atom stereocenters. The summed E-state index contributed by atoms with van der Waals surface area (Å²) in [6.45, 7) is 11.0. The fraction of sp³-hybridized carbons (Fsp3) is 0.739. The molecule has 0 radical (unpaired) electrons. The predicted octanol–water partition coefficient (Wildman–Crippen LogP) is 5.06. The Balaban J connectivity index is 1.65. The van der Waals surface area contributed by atoms with Gasteiger partial charge in [0.15, 0.2) is 0 Å². The molecule has 0 heterocycles. The average molecular weight is 594 g/mol. The van der Waals surface area contributed by atoms with Gasteiger partial charge in [0.05, 0.1) is 0 Å². The Hall–Kier alpha value is 0.325. The maximum absolute atomic E-state index is 11.0. The van der Waals surface area contributed by atoms with Gasteiger partial charge in [0.1, 0.15) is 0 Å². The van der Waals surface area contributed by atoms with Crippen molar-refractivity contribution in [2.45, 2.75) is 74.5 Å². The van der Waals surface area contributed by atoms with E-state index in [0.717, 1.165) is 6.42 Å². The van der Waals surface area contributed by atoms with Gasteiger partial charge >= 0.3 is 186 Å². The molecule has 3 aliphatic carbocycles. The predicted molar refractivity (Wildman–Crippen MR) is 108 cm³/mol. The van der Waals surface area contributed by atoms with Crippen molar-refractivity contribution >= 4 is 8.25 Å². The van der Waals surface area contributed by atoms with Crippen LogP contribution in [-0.4, -0.2) is 28.5 Å². The van der Waals surface area contributed by atoms with E-state index < -0.39 is 28.9 Å². The first-order valence-electron chi connectivity index (χ1n) is 10.7. The van der Waals surface area contributed by atoms with E-state index in [4.69, 9.17) is 17.7 Å². The van der Waals surface area contributed by atoms with E-state index in [2.05, 4.69) is 45.0 Å². The number of fused-ring (bicyclic) bond motifs is 1. The third-order valence-corrected chi connectivity index (χ3v) is 16.3. The van der Waals surface area contributed by atoms with Gasteiger partial charge in [0.25, 0.3) is 0 Å². The Labute approximate surface area is 185 Å². The minimum atomic E-state index is -1.51. The van der Waals surface area contributed by atoms with E-state index in [0.29, 0.717) is 33.7 Å². The van der Waals surface area contributed by atoms with Crippen LogP contribution < -0.4 is 0 Å². The summed E-state index contributed by atoms with van der Waals surface area (Å²) < 4.78 is 13.9. The van der Waals surface area contributed by atoms with Gasteiger partial charge in [-0.1, -0.05) is 0 Å².